The molecule has 1 heterocycles. The first kappa shape index (κ1) is 19.7. The van der Waals surface area contributed by atoms with Crippen LogP contribution in [0.25, 0.3) is 0 Å². The first-order valence-electron chi connectivity index (χ1n) is 9.22. The summed E-state index contributed by atoms with van der Waals surface area (Å²) in [6.07, 6.45) is 0. The molecule has 1 N–H and O–H groups in total. The van der Waals surface area contributed by atoms with Gasteiger partial charge in [0.15, 0.2) is 0 Å². The molecule has 144 valence electrons. The molecule has 27 heavy (non-hydrogen) atoms. The molecule has 1 unspecified atom stereocenters. The summed E-state index contributed by atoms with van der Waals surface area (Å²) in [7, 11) is 1.83. The SMILES string of the molecule is CC(NC(=O)N(C)Cc1ccccc1N1CCOCC1)c1ccc(Br)cc1. The van der Waals surface area contributed by atoms with Crippen molar-refractivity contribution in [3.8, 4) is 0 Å². The van der Waals surface area contributed by atoms with E-state index >= 15 is 0 Å². The van der Waals surface area contributed by atoms with Crippen molar-refractivity contribution in [1.82, 2.24) is 10.2 Å². The van der Waals surface area contributed by atoms with Crippen molar-refractivity contribution in [2.24, 2.45) is 0 Å². The van der Waals surface area contributed by atoms with Crippen molar-refractivity contribution in [1.29, 1.82) is 0 Å². The Morgan fingerprint density at radius 3 is 2.56 bits per heavy atom. The molecule has 5 nitrogen and oxygen atoms in total. The standard InChI is InChI=1S/C21H26BrN3O2/c1-16(17-7-9-19(22)10-8-17)23-21(26)24(2)15-18-5-3-4-6-20(18)25-11-13-27-14-12-25/h3-10,16H,11-15H2,1-2H3,(H,23,26). The number of rotatable bonds is 5. The van der Waals surface area contributed by atoms with Gasteiger partial charge in [-0.25, -0.2) is 4.79 Å². The molecule has 0 bridgehead atoms. The van der Waals surface area contributed by atoms with Crippen LogP contribution in [-0.4, -0.2) is 44.3 Å². The second-order valence-electron chi connectivity index (χ2n) is 6.81. The maximum atomic E-state index is 12.7. The molecule has 1 saturated heterocycles. The molecular weight excluding hydrogens is 406 g/mol. The van der Waals surface area contributed by atoms with E-state index in [-0.39, 0.29) is 12.1 Å². The molecule has 0 aliphatic carbocycles. The molecule has 0 radical (unpaired) electrons. The Balaban J connectivity index is 1.63. The fourth-order valence-corrected chi connectivity index (χ4v) is 3.48. The normalized spacial score (nSPS) is 15.3. The van der Waals surface area contributed by atoms with Crippen LogP contribution in [0, 0.1) is 0 Å². The van der Waals surface area contributed by atoms with Gasteiger partial charge in [-0.05, 0) is 36.2 Å². The van der Waals surface area contributed by atoms with Gasteiger partial charge in [-0.2, -0.15) is 0 Å². The van der Waals surface area contributed by atoms with Gasteiger partial charge in [0.1, 0.15) is 0 Å². The van der Waals surface area contributed by atoms with Crippen molar-refractivity contribution in [2.45, 2.75) is 19.5 Å². The smallest absolute Gasteiger partial charge is 0.317 e. The van der Waals surface area contributed by atoms with Crippen LogP contribution in [0.3, 0.4) is 0 Å². The van der Waals surface area contributed by atoms with Crippen molar-refractivity contribution in [2.75, 3.05) is 38.3 Å². The van der Waals surface area contributed by atoms with Crippen LogP contribution in [0.4, 0.5) is 10.5 Å². The monoisotopic (exact) mass is 431 g/mol. The van der Waals surface area contributed by atoms with E-state index in [1.165, 1.54) is 5.69 Å². The minimum absolute atomic E-state index is 0.0532. The summed E-state index contributed by atoms with van der Waals surface area (Å²) in [6.45, 7) is 5.81. The number of anilines is 1. The van der Waals surface area contributed by atoms with Gasteiger partial charge in [0.25, 0.3) is 0 Å². The van der Waals surface area contributed by atoms with E-state index in [0.29, 0.717) is 6.54 Å². The van der Waals surface area contributed by atoms with Crippen molar-refractivity contribution >= 4 is 27.6 Å². The Kier molecular flexibility index (Phi) is 6.74. The lowest BCUT2D eigenvalue weighted by Crippen LogP contribution is -2.39. The lowest BCUT2D eigenvalue weighted by Gasteiger charge is -2.31. The lowest BCUT2D eigenvalue weighted by atomic mass is 10.1. The third-order valence-corrected chi connectivity index (χ3v) is 5.34. The number of para-hydroxylation sites is 1. The van der Waals surface area contributed by atoms with Gasteiger partial charge in [0.2, 0.25) is 0 Å². The summed E-state index contributed by atoms with van der Waals surface area (Å²) in [6, 6.07) is 16.2. The van der Waals surface area contributed by atoms with Crippen molar-refractivity contribution < 1.29 is 9.53 Å². The van der Waals surface area contributed by atoms with Crippen LogP contribution < -0.4 is 10.2 Å². The molecular formula is C21H26BrN3O2. The summed E-state index contributed by atoms with van der Waals surface area (Å²) in [5.74, 6) is 0. The fraction of sp³-hybridized carbons (Fsp3) is 0.381. The average Bonchev–Trinajstić information content (AvgIpc) is 2.69. The van der Waals surface area contributed by atoms with Crippen LogP contribution in [0.15, 0.2) is 53.0 Å². The van der Waals surface area contributed by atoms with Gasteiger partial charge in [0.05, 0.1) is 19.3 Å². The highest BCUT2D eigenvalue weighted by atomic mass is 79.9. The minimum atomic E-state index is -0.0813. The van der Waals surface area contributed by atoms with E-state index in [9.17, 15) is 4.79 Å². The zero-order chi connectivity index (χ0) is 19.2. The summed E-state index contributed by atoms with van der Waals surface area (Å²) in [5.41, 5.74) is 3.41. The summed E-state index contributed by atoms with van der Waals surface area (Å²) >= 11 is 3.44. The number of hydrogen-bond acceptors (Lipinski definition) is 3. The molecule has 6 heteroatoms. The Morgan fingerprint density at radius 1 is 1.19 bits per heavy atom. The van der Waals surface area contributed by atoms with Crippen LogP contribution in [0.5, 0.6) is 0 Å². The second-order valence-corrected chi connectivity index (χ2v) is 7.72. The number of carbonyl (C=O) groups excluding carboxylic acids is 1. The van der Waals surface area contributed by atoms with Gasteiger partial charge in [-0.3, -0.25) is 0 Å². The summed E-state index contributed by atoms with van der Waals surface area (Å²) in [4.78, 5) is 16.7. The van der Waals surface area contributed by atoms with Crippen LogP contribution in [-0.2, 0) is 11.3 Å². The van der Waals surface area contributed by atoms with Crippen molar-refractivity contribution in [3.05, 3.63) is 64.1 Å². The number of urea groups is 1. The Bertz CT molecular complexity index is 760. The molecule has 3 rings (SSSR count). The Morgan fingerprint density at radius 2 is 1.85 bits per heavy atom. The first-order chi connectivity index (χ1) is 13.0. The number of nitrogens with one attached hydrogen (secondary N) is 1. The number of nitrogens with zero attached hydrogens (tertiary/aromatic N) is 2. The zero-order valence-corrected chi connectivity index (χ0v) is 17.4. The number of hydrogen-bond donors (Lipinski definition) is 1. The van der Waals surface area contributed by atoms with Gasteiger partial charge in [-0.1, -0.05) is 46.3 Å². The zero-order valence-electron chi connectivity index (χ0n) is 15.8. The third kappa shape index (κ3) is 5.23. The van der Waals surface area contributed by atoms with Gasteiger partial charge < -0.3 is 19.9 Å². The van der Waals surface area contributed by atoms with Gasteiger partial charge in [0, 0.05) is 36.8 Å². The van der Waals surface area contributed by atoms with Crippen LogP contribution >= 0.6 is 15.9 Å². The lowest BCUT2D eigenvalue weighted by molar-refractivity contribution is 0.122. The molecule has 2 amide bonds. The largest absolute Gasteiger partial charge is 0.378 e. The van der Waals surface area contributed by atoms with Gasteiger partial charge >= 0.3 is 6.03 Å². The number of ether oxygens (including phenoxy) is 1. The average molecular weight is 432 g/mol. The summed E-state index contributed by atoms with van der Waals surface area (Å²) < 4.78 is 6.48. The van der Waals surface area contributed by atoms with E-state index in [4.69, 9.17) is 4.74 Å². The topological polar surface area (TPSA) is 44.8 Å². The predicted octanol–water partition coefficient (Wildman–Crippen LogP) is 4.19. The second kappa shape index (κ2) is 9.24. The molecule has 2 aromatic rings. The molecule has 1 fully saturated rings. The highest BCUT2D eigenvalue weighted by molar-refractivity contribution is 9.10. The number of halogens is 1. The predicted molar refractivity (Wildman–Crippen MR) is 112 cm³/mol. The quantitative estimate of drug-likeness (QED) is 0.771. The highest BCUT2D eigenvalue weighted by Gasteiger charge is 2.18. The number of morpholine rings is 1. The maximum Gasteiger partial charge on any atom is 0.317 e. The molecule has 1 aliphatic rings. The van der Waals surface area contributed by atoms with E-state index in [1.54, 1.807) is 4.90 Å². The molecule has 0 spiro atoms. The molecule has 2 aromatic carbocycles. The molecule has 1 aliphatic heterocycles. The van der Waals surface area contributed by atoms with E-state index in [2.05, 4.69) is 38.3 Å². The Hall–Kier alpha value is -2.05. The van der Waals surface area contributed by atoms with E-state index in [1.807, 2.05) is 50.4 Å². The van der Waals surface area contributed by atoms with Crippen LogP contribution in [0.1, 0.15) is 24.1 Å². The van der Waals surface area contributed by atoms with Crippen LogP contribution in [0.2, 0.25) is 0 Å². The summed E-state index contributed by atoms with van der Waals surface area (Å²) in [5, 5.41) is 3.07. The number of amides is 2. The van der Waals surface area contributed by atoms with E-state index < -0.39 is 0 Å². The molecule has 0 aromatic heterocycles. The van der Waals surface area contributed by atoms with Crippen molar-refractivity contribution in [3.63, 3.8) is 0 Å². The third-order valence-electron chi connectivity index (χ3n) is 4.81. The number of benzene rings is 2. The maximum absolute atomic E-state index is 12.7. The van der Waals surface area contributed by atoms with Gasteiger partial charge in [-0.15, -0.1) is 0 Å². The minimum Gasteiger partial charge on any atom is -0.378 e. The first-order valence-corrected chi connectivity index (χ1v) is 10.0. The fourth-order valence-electron chi connectivity index (χ4n) is 3.21. The molecule has 1 atom stereocenters. The number of carbonyl (C=O) groups is 1. The Labute approximate surface area is 169 Å². The highest BCUT2D eigenvalue weighted by Crippen LogP contribution is 2.23. The molecule has 0 saturated carbocycles. The van der Waals surface area contributed by atoms with E-state index in [0.717, 1.165) is 41.9 Å².